The van der Waals surface area contributed by atoms with Crippen molar-refractivity contribution in [2.75, 3.05) is 26.2 Å². The van der Waals surface area contributed by atoms with E-state index >= 15 is 0 Å². The van der Waals surface area contributed by atoms with Crippen molar-refractivity contribution in [3.05, 3.63) is 21.3 Å². The summed E-state index contributed by atoms with van der Waals surface area (Å²) in [4.78, 5) is 0. The van der Waals surface area contributed by atoms with E-state index in [-0.39, 0.29) is 31.6 Å². The normalized spacial score (nSPS) is 15.7. The van der Waals surface area contributed by atoms with Gasteiger partial charge in [0, 0.05) is 32.1 Å². The summed E-state index contributed by atoms with van der Waals surface area (Å²) in [6.07, 6.45) is -1.18. The van der Waals surface area contributed by atoms with Crippen molar-refractivity contribution in [1.82, 2.24) is 0 Å². The molecule has 0 fully saturated rings. The minimum absolute atomic E-state index is 0. The van der Waals surface area contributed by atoms with Crippen molar-refractivity contribution in [2.45, 2.75) is 79.1 Å². The molecule has 0 N–H and O–H groups in total. The van der Waals surface area contributed by atoms with Crippen molar-refractivity contribution in [3.8, 4) is 0 Å². The Morgan fingerprint density at radius 3 is 1.09 bits per heavy atom. The van der Waals surface area contributed by atoms with Gasteiger partial charge in [-0.1, -0.05) is 54.4 Å². The maximum Gasteiger partial charge on any atom is 0.0117 e. The molecule has 7 heteroatoms. The number of rotatable bonds is 12. The van der Waals surface area contributed by atoms with E-state index in [9.17, 15) is 8.78 Å². The first-order valence-corrected chi connectivity index (χ1v) is 8.35. The van der Waals surface area contributed by atoms with E-state index in [1.165, 1.54) is 0 Å². The molecule has 0 spiro atoms. The Morgan fingerprint density at radius 2 is 0.870 bits per heavy atom. The molecule has 0 aliphatic carbocycles. The van der Waals surface area contributed by atoms with Gasteiger partial charge in [-0.2, -0.15) is 26.2 Å². The van der Waals surface area contributed by atoms with Gasteiger partial charge in [0.15, 0.2) is 0 Å². The van der Waals surface area contributed by atoms with E-state index in [1.54, 1.807) is 0 Å². The van der Waals surface area contributed by atoms with E-state index in [0.29, 0.717) is 25.9 Å². The number of nitrogens with zero attached hydrogens (tertiary/aromatic N) is 4. The van der Waals surface area contributed by atoms with Crippen LogP contribution in [0.1, 0.15) is 54.4 Å². The van der Waals surface area contributed by atoms with Crippen LogP contribution in [0.3, 0.4) is 0 Å². The van der Waals surface area contributed by atoms with Gasteiger partial charge in [-0.15, -0.1) is 12.1 Å². The molecule has 0 aliphatic heterocycles. The van der Waals surface area contributed by atoms with Gasteiger partial charge in [0.25, 0.3) is 0 Å². The van der Waals surface area contributed by atoms with Gasteiger partial charge in [0.05, 0.1) is 0 Å². The summed E-state index contributed by atoms with van der Waals surface area (Å²) in [5.41, 5.74) is 0. The van der Waals surface area contributed by atoms with E-state index < -0.39 is 12.6 Å². The molecule has 0 saturated carbocycles. The van der Waals surface area contributed by atoms with Crippen LogP contribution >= 0.6 is 0 Å². The Labute approximate surface area is 155 Å². The van der Waals surface area contributed by atoms with E-state index in [4.69, 9.17) is 0 Å². The first kappa shape index (κ1) is 28.1. The summed E-state index contributed by atoms with van der Waals surface area (Å²) < 4.78 is 25.5. The summed E-state index contributed by atoms with van der Waals surface area (Å²) in [5.74, 6) is 0. The fourth-order valence-electron chi connectivity index (χ4n) is 1.88. The van der Waals surface area contributed by atoms with Crippen molar-refractivity contribution in [2.24, 2.45) is 0 Å². The van der Waals surface area contributed by atoms with Crippen LogP contribution in [-0.2, 0) is 19.5 Å². The van der Waals surface area contributed by atoms with E-state index in [1.807, 2.05) is 41.5 Å². The molecule has 0 aromatic heterocycles. The molecule has 0 aliphatic rings. The first-order valence-electron chi connectivity index (χ1n) is 8.35. The van der Waals surface area contributed by atoms with E-state index in [2.05, 4.69) is 21.3 Å². The first-order chi connectivity index (χ1) is 10.4. The van der Waals surface area contributed by atoms with Gasteiger partial charge < -0.3 is 21.3 Å². The Hall–Kier alpha value is 0.323. The molecule has 4 atom stereocenters. The fraction of sp³-hybridized carbons (Fsp3) is 1.00. The van der Waals surface area contributed by atoms with Gasteiger partial charge in [0.2, 0.25) is 0 Å². The zero-order valence-corrected chi connectivity index (χ0v) is 18.8. The second kappa shape index (κ2) is 20.4. The maximum absolute atomic E-state index is 12.8. The minimum atomic E-state index is -1.02. The zero-order chi connectivity index (χ0) is 17.4. The van der Waals surface area contributed by atoms with Gasteiger partial charge in [0.1, 0.15) is 0 Å². The Morgan fingerprint density at radius 1 is 0.609 bits per heavy atom. The summed E-state index contributed by atoms with van der Waals surface area (Å²) in [7, 11) is 0. The number of alkyl halides is 2. The Bertz CT molecular complexity index is 184. The third-order valence-electron chi connectivity index (χ3n) is 2.82. The van der Waals surface area contributed by atoms with Crippen molar-refractivity contribution < 1.29 is 28.3 Å². The van der Waals surface area contributed by atoms with Crippen molar-refractivity contribution >= 4 is 0 Å². The molecule has 0 saturated heterocycles. The molecule has 0 rings (SSSR count). The monoisotopic (exact) mass is 384 g/mol. The molecule has 0 bridgehead atoms. The predicted octanol–water partition coefficient (Wildman–Crippen LogP) is 5.69. The fourth-order valence-corrected chi connectivity index (χ4v) is 1.88. The second-order valence-electron chi connectivity index (χ2n) is 5.03. The zero-order valence-electron chi connectivity index (χ0n) is 15.8. The van der Waals surface area contributed by atoms with Crippen LogP contribution in [-0.4, -0.2) is 50.9 Å². The largest absolute Gasteiger partial charge is 0.660 e. The van der Waals surface area contributed by atoms with Crippen LogP contribution in [0.25, 0.3) is 21.3 Å². The second-order valence-corrected chi connectivity index (χ2v) is 5.03. The van der Waals surface area contributed by atoms with Crippen LogP contribution in [0, 0.1) is 0 Å². The topological polar surface area (TPSA) is 56.4 Å². The minimum Gasteiger partial charge on any atom is -0.660 e. The molecule has 138 valence electrons. The van der Waals surface area contributed by atoms with Gasteiger partial charge in [-0.05, 0) is 0 Å². The van der Waals surface area contributed by atoms with Crippen LogP contribution in [0.4, 0.5) is 8.78 Å². The van der Waals surface area contributed by atoms with Crippen LogP contribution in [0.5, 0.6) is 0 Å². The maximum atomic E-state index is 12.8. The molecule has 23 heavy (non-hydrogen) atoms. The smallest absolute Gasteiger partial charge is 0.0117 e. The molecule has 0 amide bonds. The molecule has 0 radical (unpaired) electrons. The summed E-state index contributed by atoms with van der Waals surface area (Å²) in [6.45, 7) is 14.1. The standard InChI is InChI=1S/2C8H17FN2.Zn/c2*1-4-10-7(3)6-8(9)11-5-2;/h2*7-8H,4-6H2,1-3H3;/q2*-2;. The average molecular weight is 386 g/mol. The Balaban J connectivity index is -0.000000333. The van der Waals surface area contributed by atoms with E-state index in [0.717, 1.165) is 13.1 Å². The molecule has 0 aromatic rings. The number of halogens is 2. The average Bonchev–Trinajstić information content (AvgIpc) is 2.40. The molecule has 0 aromatic carbocycles. The van der Waals surface area contributed by atoms with Crippen LogP contribution in [0.15, 0.2) is 0 Å². The Kier molecular flexibility index (Phi) is 24.9. The van der Waals surface area contributed by atoms with Crippen molar-refractivity contribution in [1.29, 1.82) is 0 Å². The SMILES string of the molecule is CC[N-]C(C)CC(F)[N-]CC.CC[N-]C(C)CC(F)[N-]CC.[Zn]. The molecule has 0 heterocycles. The molecule has 4 nitrogen and oxygen atoms in total. The van der Waals surface area contributed by atoms with Crippen molar-refractivity contribution in [3.63, 3.8) is 0 Å². The predicted molar refractivity (Wildman–Crippen MR) is 93.6 cm³/mol. The van der Waals surface area contributed by atoms with Gasteiger partial charge in [-0.3, -0.25) is 8.78 Å². The third-order valence-corrected chi connectivity index (χ3v) is 2.82. The summed E-state index contributed by atoms with van der Waals surface area (Å²) in [5, 5.41) is 15.7. The summed E-state index contributed by atoms with van der Waals surface area (Å²) >= 11 is 0. The van der Waals surface area contributed by atoms with Crippen LogP contribution < -0.4 is 0 Å². The molecule has 4 unspecified atom stereocenters. The van der Waals surface area contributed by atoms with Crippen LogP contribution in [0.2, 0.25) is 0 Å². The molecular weight excluding hydrogens is 352 g/mol. The quantitative estimate of drug-likeness (QED) is 0.306. The summed E-state index contributed by atoms with van der Waals surface area (Å²) in [6, 6.07) is 0.204. The number of hydrogen-bond acceptors (Lipinski definition) is 0. The third kappa shape index (κ3) is 22.3. The number of hydrogen-bond donors (Lipinski definition) is 0. The van der Waals surface area contributed by atoms with Gasteiger partial charge in [-0.25, -0.2) is 0 Å². The van der Waals surface area contributed by atoms with Gasteiger partial charge >= 0.3 is 0 Å². The molecular formula is C16H34F2N4Zn-4.